The topological polar surface area (TPSA) is 44.4 Å². The number of nitrogens with one attached hydrogen (secondary N) is 2. The van der Waals surface area contributed by atoms with Gasteiger partial charge in [-0.25, -0.2) is 4.79 Å². The molecule has 2 rings (SSSR count). The van der Waals surface area contributed by atoms with Crippen LogP contribution in [-0.4, -0.2) is 32.3 Å². The van der Waals surface area contributed by atoms with Crippen molar-refractivity contribution in [1.29, 1.82) is 0 Å². The van der Waals surface area contributed by atoms with Gasteiger partial charge >= 0.3 is 12.2 Å². The number of hydrogen-bond acceptors (Lipinski definition) is 2. The molecule has 7 heteroatoms. The van der Waals surface area contributed by atoms with Gasteiger partial charge in [-0.1, -0.05) is 18.2 Å². The van der Waals surface area contributed by atoms with E-state index in [0.29, 0.717) is 12.2 Å². The predicted octanol–water partition coefficient (Wildman–Crippen LogP) is 2.82. The van der Waals surface area contributed by atoms with E-state index in [9.17, 15) is 18.0 Å². The first kappa shape index (κ1) is 15.6. The molecular formula is C14H18F3N3O. The second-order valence-corrected chi connectivity index (χ2v) is 4.97. The summed E-state index contributed by atoms with van der Waals surface area (Å²) in [6.07, 6.45) is -2.86. The molecule has 0 aromatic heterocycles. The van der Waals surface area contributed by atoms with Gasteiger partial charge in [-0.15, -0.1) is 0 Å². The standard InChI is InChI=1S/C14H18F3N3O/c1-18-11-6-4-8-20(12-7-3-2-5-10(11)12)13(21)19-9-14(15,16)17/h2-3,5,7,11,18H,4,6,8-9H2,1H3,(H,19,21). The Kier molecular flexibility index (Phi) is 4.72. The normalized spacial score (nSPS) is 18.9. The number of benzene rings is 1. The van der Waals surface area contributed by atoms with Gasteiger partial charge in [-0.2, -0.15) is 13.2 Å². The second kappa shape index (κ2) is 6.34. The number of amides is 2. The Morgan fingerprint density at radius 2 is 2.10 bits per heavy atom. The second-order valence-electron chi connectivity index (χ2n) is 4.97. The van der Waals surface area contributed by atoms with Crippen LogP contribution < -0.4 is 15.5 Å². The first-order valence-corrected chi connectivity index (χ1v) is 6.80. The van der Waals surface area contributed by atoms with Gasteiger partial charge in [0.2, 0.25) is 0 Å². The molecule has 0 bridgehead atoms. The molecule has 0 aliphatic carbocycles. The van der Waals surface area contributed by atoms with Crippen LogP contribution in [0.5, 0.6) is 0 Å². The molecule has 21 heavy (non-hydrogen) atoms. The van der Waals surface area contributed by atoms with Crippen molar-refractivity contribution >= 4 is 11.7 Å². The molecule has 0 saturated carbocycles. The van der Waals surface area contributed by atoms with E-state index in [2.05, 4.69) is 5.32 Å². The Hall–Kier alpha value is -1.76. The molecule has 1 atom stereocenters. The van der Waals surface area contributed by atoms with E-state index in [-0.39, 0.29) is 6.04 Å². The third-order valence-electron chi connectivity index (χ3n) is 3.51. The lowest BCUT2D eigenvalue weighted by atomic mass is 10.0. The zero-order valence-corrected chi connectivity index (χ0v) is 11.7. The summed E-state index contributed by atoms with van der Waals surface area (Å²) >= 11 is 0. The molecule has 1 aromatic carbocycles. The number of carbonyl (C=O) groups excluding carboxylic acids is 1. The molecule has 4 nitrogen and oxygen atoms in total. The van der Waals surface area contributed by atoms with Crippen LogP contribution in [0.2, 0.25) is 0 Å². The number of carbonyl (C=O) groups is 1. The molecule has 0 fully saturated rings. The third-order valence-corrected chi connectivity index (χ3v) is 3.51. The summed E-state index contributed by atoms with van der Waals surface area (Å²) in [5, 5.41) is 5.11. The van der Waals surface area contributed by atoms with Crippen molar-refractivity contribution in [3.05, 3.63) is 29.8 Å². The molecule has 0 spiro atoms. The molecule has 2 amide bonds. The van der Waals surface area contributed by atoms with E-state index < -0.39 is 18.8 Å². The van der Waals surface area contributed by atoms with E-state index in [1.165, 1.54) is 4.90 Å². The third kappa shape index (κ3) is 3.87. The number of nitrogens with zero attached hydrogens (tertiary/aromatic N) is 1. The van der Waals surface area contributed by atoms with Gasteiger partial charge in [0, 0.05) is 12.6 Å². The lowest BCUT2D eigenvalue weighted by molar-refractivity contribution is -0.122. The average molecular weight is 301 g/mol. The van der Waals surface area contributed by atoms with Gasteiger partial charge in [-0.05, 0) is 31.5 Å². The number of rotatable bonds is 2. The van der Waals surface area contributed by atoms with Crippen molar-refractivity contribution in [3.63, 3.8) is 0 Å². The summed E-state index contributed by atoms with van der Waals surface area (Å²) in [4.78, 5) is 13.4. The average Bonchev–Trinajstić information content (AvgIpc) is 2.63. The molecule has 0 radical (unpaired) electrons. The van der Waals surface area contributed by atoms with Crippen LogP contribution in [-0.2, 0) is 0 Å². The Balaban J connectivity index is 2.21. The minimum Gasteiger partial charge on any atom is -0.329 e. The van der Waals surface area contributed by atoms with Crippen LogP contribution in [0.25, 0.3) is 0 Å². The van der Waals surface area contributed by atoms with Crippen LogP contribution in [0, 0.1) is 0 Å². The van der Waals surface area contributed by atoms with Gasteiger partial charge in [0.05, 0.1) is 5.69 Å². The summed E-state index contributed by atoms with van der Waals surface area (Å²) in [6.45, 7) is -0.918. The lowest BCUT2D eigenvalue weighted by Gasteiger charge is -2.24. The minimum absolute atomic E-state index is 0.0987. The van der Waals surface area contributed by atoms with Crippen molar-refractivity contribution in [2.24, 2.45) is 0 Å². The van der Waals surface area contributed by atoms with E-state index in [0.717, 1.165) is 18.4 Å². The SMILES string of the molecule is CNC1CCCN(C(=O)NCC(F)(F)F)c2ccccc21. The van der Waals surface area contributed by atoms with Gasteiger partial charge in [0.15, 0.2) is 0 Å². The monoisotopic (exact) mass is 301 g/mol. The number of halogens is 3. The Labute approximate surface area is 121 Å². The molecule has 1 aromatic rings. The summed E-state index contributed by atoms with van der Waals surface area (Å²) < 4.78 is 36.7. The molecule has 1 aliphatic heterocycles. The van der Waals surface area contributed by atoms with E-state index in [1.54, 1.807) is 12.1 Å². The molecule has 1 heterocycles. The first-order chi connectivity index (χ1) is 9.92. The zero-order chi connectivity index (χ0) is 15.5. The van der Waals surface area contributed by atoms with Crippen molar-refractivity contribution in [2.45, 2.75) is 25.1 Å². The maximum absolute atomic E-state index is 12.2. The largest absolute Gasteiger partial charge is 0.405 e. The van der Waals surface area contributed by atoms with Crippen molar-refractivity contribution in [3.8, 4) is 0 Å². The van der Waals surface area contributed by atoms with Gasteiger partial charge in [0.25, 0.3) is 0 Å². The quantitative estimate of drug-likeness (QED) is 0.882. The van der Waals surface area contributed by atoms with Crippen LogP contribution in [0.1, 0.15) is 24.4 Å². The van der Waals surface area contributed by atoms with E-state index in [1.807, 2.05) is 24.5 Å². The summed E-state index contributed by atoms with van der Waals surface area (Å²) in [5.41, 5.74) is 1.59. The van der Waals surface area contributed by atoms with Crippen molar-refractivity contribution < 1.29 is 18.0 Å². The highest BCUT2D eigenvalue weighted by Gasteiger charge is 2.30. The number of alkyl halides is 3. The van der Waals surface area contributed by atoms with Gasteiger partial charge in [-0.3, -0.25) is 4.90 Å². The van der Waals surface area contributed by atoms with Crippen LogP contribution in [0.3, 0.4) is 0 Å². The van der Waals surface area contributed by atoms with Crippen LogP contribution >= 0.6 is 0 Å². The van der Waals surface area contributed by atoms with Crippen LogP contribution in [0.15, 0.2) is 24.3 Å². The van der Waals surface area contributed by atoms with Gasteiger partial charge in [0.1, 0.15) is 6.54 Å². The smallest absolute Gasteiger partial charge is 0.329 e. The van der Waals surface area contributed by atoms with Gasteiger partial charge < -0.3 is 10.6 Å². The highest BCUT2D eigenvalue weighted by Crippen LogP contribution is 2.32. The summed E-state index contributed by atoms with van der Waals surface area (Å²) in [6, 6.07) is 6.68. The Bertz CT molecular complexity index is 504. The predicted molar refractivity (Wildman–Crippen MR) is 74.3 cm³/mol. The highest BCUT2D eigenvalue weighted by molar-refractivity contribution is 5.93. The zero-order valence-electron chi connectivity index (χ0n) is 11.7. The molecule has 116 valence electrons. The molecule has 0 saturated heterocycles. The number of hydrogen-bond donors (Lipinski definition) is 2. The summed E-state index contributed by atoms with van der Waals surface area (Å²) in [5.74, 6) is 0. The number of para-hydroxylation sites is 1. The number of anilines is 1. The van der Waals surface area contributed by atoms with Crippen LogP contribution in [0.4, 0.5) is 23.7 Å². The van der Waals surface area contributed by atoms with E-state index >= 15 is 0 Å². The fourth-order valence-electron chi connectivity index (χ4n) is 2.54. The van der Waals surface area contributed by atoms with Crippen molar-refractivity contribution in [2.75, 3.05) is 25.0 Å². The number of urea groups is 1. The molecule has 1 unspecified atom stereocenters. The first-order valence-electron chi connectivity index (χ1n) is 6.80. The maximum Gasteiger partial charge on any atom is 0.405 e. The highest BCUT2D eigenvalue weighted by atomic mass is 19.4. The Morgan fingerprint density at radius 3 is 2.76 bits per heavy atom. The fourth-order valence-corrected chi connectivity index (χ4v) is 2.54. The molecule has 2 N–H and O–H groups in total. The van der Waals surface area contributed by atoms with Crippen molar-refractivity contribution in [1.82, 2.24) is 10.6 Å². The maximum atomic E-state index is 12.2. The fraction of sp³-hybridized carbons (Fsp3) is 0.500. The summed E-state index contributed by atoms with van der Waals surface area (Å²) in [7, 11) is 1.83. The molecular weight excluding hydrogens is 283 g/mol. The number of fused-ring (bicyclic) bond motifs is 1. The molecule has 1 aliphatic rings. The Morgan fingerprint density at radius 1 is 1.38 bits per heavy atom. The lowest BCUT2D eigenvalue weighted by Crippen LogP contribution is -2.44. The van der Waals surface area contributed by atoms with E-state index in [4.69, 9.17) is 0 Å². The minimum atomic E-state index is -4.41.